The molecule has 13 nitrogen and oxygen atoms in total. The summed E-state index contributed by atoms with van der Waals surface area (Å²) in [5, 5.41) is 23.0. The SMILES string of the molecule is COc1cc2c(NC(C)c3cc(Br)cs3)nc(C)nc2cc1OCCCCCCCCC(=O)NC(C(=O)N1C[C@H](O)C[C@H]1C(=O)NCc1ccc(-c2scnc2C)cc1)C(C)(C)C. The second-order valence-electron chi connectivity index (χ2n) is 17.3. The lowest BCUT2D eigenvalue weighted by Crippen LogP contribution is -2.57. The summed E-state index contributed by atoms with van der Waals surface area (Å²) in [5.74, 6) is 1.78. The van der Waals surface area contributed by atoms with Crippen LogP contribution in [-0.2, 0) is 20.9 Å². The zero-order chi connectivity index (χ0) is 45.3. The molecule has 16 heteroatoms. The number of hydrogen-bond acceptors (Lipinski definition) is 12. The minimum atomic E-state index is -0.854. The van der Waals surface area contributed by atoms with Crippen LogP contribution in [0.3, 0.4) is 0 Å². The van der Waals surface area contributed by atoms with Crippen LogP contribution in [0.4, 0.5) is 5.82 Å². The van der Waals surface area contributed by atoms with Gasteiger partial charge in [-0.2, -0.15) is 0 Å². The molecule has 4 N–H and O–H groups in total. The average molecular weight is 963 g/mol. The normalized spacial score (nSPS) is 16.2. The summed E-state index contributed by atoms with van der Waals surface area (Å²) in [4.78, 5) is 58.1. The number of aliphatic hydroxyl groups is 1. The van der Waals surface area contributed by atoms with Crippen molar-refractivity contribution in [1.82, 2.24) is 30.5 Å². The van der Waals surface area contributed by atoms with Gasteiger partial charge < -0.3 is 35.4 Å². The van der Waals surface area contributed by atoms with Crippen molar-refractivity contribution in [2.24, 2.45) is 5.41 Å². The van der Waals surface area contributed by atoms with Crippen molar-refractivity contribution in [3.63, 3.8) is 0 Å². The Hall–Kier alpha value is -4.64. The van der Waals surface area contributed by atoms with E-state index < -0.39 is 23.6 Å². The number of thiophene rings is 1. The number of thiazole rings is 1. The highest BCUT2D eigenvalue weighted by atomic mass is 79.9. The number of carbonyl (C=O) groups is 3. The number of nitrogens with zero attached hydrogens (tertiary/aromatic N) is 4. The standard InChI is InChI=1S/C47H60BrN7O6S2/c1-28(40-20-33(48)26-62-40)51-44-35-22-38(60-7)39(23-36(35)52-30(3)53-44)61-19-13-11-9-8-10-12-14-41(57)54-43(47(4,5)6)46(59)55-25-34(56)21-37(55)45(58)49-24-31-15-17-32(18-16-31)42-29(2)50-27-63-42/h15-18,20,22-23,26-28,34,37,43,56H,8-14,19,21,24-25H2,1-7H3,(H,49,58)(H,54,57)(H,51,52,53)/t28?,34-,37+,43?/m1/s1. The van der Waals surface area contributed by atoms with E-state index in [9.17, 15) is 19.5 Å². The van der Waals surface area contributed by atoms with Crippen molar-refractivity contribution in [3.05, 3.63) is 79.8 Å². The van der Waals surface area contributed by atoms with E-state index in [-0.39, 0.29) is 43.3 Å². The molecule has 0 saturated carbocycles. The van der Waals surface area contributed by atoms with Gasteiger partial charge >= 0.3 is 0 Å². The van der Waals surface area contributed by atoms with Crippen molar-refractivity contribution < 1.29 is 29.0 Å². The predicted molar refractivity (Wildman–Crippen MR) is 254 cm³/mol. The Morgan fingerprint density at radius 3 is 2.38 bits per heavy atom. The number of unbranched alkanes of at least 4 members (excludes halogenated alkanes) is 5. The van der Waals surface area contributed by atoms with Crippen molar-refractivity contribution in [2.75, 3.05) is 25.6 Å². The summed E-state index contributed by atoms with van der Waals surface area (Å²) in [6.45, 7) is 12.5. The zero-order valence-corrected chi connectivity index (χ0v) is 40.5. The monoisotopic (exact) mass is 961 g/mol. The molecule has 5 aromatic rings. The Morgan fingerprint density at radius 2 is 1.71 bits per heavy atom. The van der Waals surface area contributed by atoms with E-state index in [0.717, 1.165) is 75.0 Å². The lowest BCUT2D eigenvalue weighted by Gasteiger charge is -2.35. The number of carbonyl (C=O) groups excluding carboxylic acids is 3. The number of aliphatic hydroxyl groups excluding tert-OH is 1. The van der Waals surface area contributed by atoms with E-state index in [1.54, 1.807) is 29.8 Å². The summed E-state index contributed by atoms with van der Waals surface area (Å²) >= 11 is 6.81. The molecular weight excluding hydrogens is 903 g/mol. The molecule has 2 unspecified atom stereocenters. The maximum atomic E-state index is 14.0. The third-order valence-electron chi connectivity index (χ3n) is 11.2. The number of likely N-dealkylation sites (tertiary alicyclic amines) is 1. The lowest BCUT2D eigenvalue weighted by atomic mass is 9.85. The van der Waals surface area contributed by atoms with Crippen LogP contribution in [0, 0.1) is 19.3 Å². The summed E-state index contributed by atoms with van der Waals surface area (Å²) in [7, 11) is 1.63. The first-order chi connectivity index (χ1) is 30.1. The van der Waals surface area contributed by atoms with Gasteiger partial charge in [-0.25, -0.2) is 15.0 Å². The summed E-state index contributed by atoms with van der Waals surface area (Å²) in [5.41, 5.74) is 4.94. The van der Waals surface area contributed by atoms with E-state index in [1.165, 1.54) is 9.78 Å². The quantitative estimate of drug-likeness (QED) is 0.0552. The van der Waals surface area contributed by atoms with E-state index in [0.29, 0.717) is 36.8 Å². The van der Waals surface area contributed by atoms with Crippen molar-refractivity contribution >= 4 is 73.0 Å². The Balaban J connectivity index is 0.916. The molecule has 0 aliphatic carbocycles. The van der Waals surface area contributed by atoms with Crippen LogP contribution < -0.4 is 25.4 Å². The number of β-amino-alcohol motifs (C(OH)–C–C–N with tert-alkyl or cyclic N) is 1. The molecular formula is C47H60BrN7O6S2. The van der Waals surface area contributed by atoms with E-state index >= 15 is 0 Å². The number of aryl methyl sites for hydroxylation is 2. The molecule has 338 valence electrons. The smallest absolute Gasteiger partial charge is 0.246 e. The molecule has 63 heavy (non-hydrogen) atoms. The number of methoxy groups -OCH3 is 1. The number of aromatic nitrogens is 3. The molecule has 4 atom stereocenters. The third kappa shape index (κ3) is 12.8. The number of ether oxygens (including phenoxy) is 2. The number of benzene rings is 2. The first kappa shape index (κ1) is 47.8. The van der Waals surface area contributed by atoms with Crippen LogP contribution in [0.5, 0.6) is 11.5 Å². The summed E-state index contributed by atoms with van der Waals surface area (Å²) < 4.78 is 13.0. The van der Waals surface area contributed by atoms with E-state index in [4.69, 9.17) is 14.5 Å². The number of hydrogen-bond donors (Lipinski definition) is 4. The Labute approximate surface area is 386 Å². The molecule has 1 aliphatic rings. The lowest BCUT2D eigenvalue weighted by molar-refractivity contribution is -0.144. The Bertz CT molecular complexity index is 2350. The Morgan fingerprint density at radius 1 is 0.984 bits per heavy atom. The molecule has 0 radical (unpaired) electrons. The topological polar surface area (TPSA) is 168 Å². The molecule has 0 bridgehead atoms. The summed E-state index contributed by atoms with van der Waals surface area (Å²) in [6.07, 6.45) is 5.00. The fourth-order valence-corrected chi connectivity index (χ4v) is 10.0. The van der Waals surface area contributed by atoms with Gasteiger partial charge in [0.25, 0.3) is 0 Å². The molecule has 6 rings (SSSR count). The van der Waals surface area contributed by atoms with Gasteiger partial charge in [-0.1, -0.05) is 70.7 Å². The van der Waals surface area contributed by atoms with Crippen molar-refractivity contribution in [2.45, 2.75) is 124 Å². The van der Waals surface area contributed by atoms with Crippen LogP contribution in [0.25, 0.3) is 21.3 Å². The van der Waals surface area contributed by atoms with Crippen LogP contribution in [0.15, 0.2) is 57.8 Å². The molecule has 0 spiro atoms. The fraction of sp³-hybridized carbons (Fsp3) is 0.489. The van der Waals surface area contributed by atoms with Crippen LogP contribution in [-0.4, -0.2) is 81.1 Å². The van der Waals surface area contributed by atoms with Crippen LogP contribution in [0.1, 0.15) is 107 Å². The van der Waals surface area contributed by atoms with Gasteiger partial charge in [-0.3, -0.25) is 14.4 Å². The summed E-state index contributed by atoms with van der Waals surface area (Å²) in [6, 6.07) is 12.3. The highest BCUT2D eigenvalue weighted by molar-refractivity contribution is 9.10. The van der Waals surface area contributed by atoms with Gasteiger partial charge in [-0.05, 0) is 78.2 Å². The molecule has 1 saturated heterocycles. The van der Waals surface area contributed by atoms with Crippen LogP contribution >= 0.6 is 38.6 Å². The molecule has 1 aliphatic heterocycles. The van der Waals surface area contributed by atoms with E-state index in [2.05, 4.69) is 60.2 Å². The number of amides is 3. The fourth-order valence-electron chi connectivity index (χ4n) is 7.76. The van der Waals surface area contributed by atoms with Gasteiger partial charge in [0.1, 0.15) is 23.7 Å². The molecule has 4 heterocycles. The number of halogens is 1. The van der Waals surface area contributed by atoms with Crippen LogP contribution in [0.2, 0.25) is 0 Å². The van der Waals surface area contributed by atoms with E-state index in [1.807, 2.05) is 76.5 Å². The molecule has 2 aromatic carbocycles. The highest BCUT2D eigenvalue weighted by Gasteiger charge is 2.44. The first-order valence-corrected chi connectivity index (χ1v) is 24.2. The zero-order valence-electron chi connectivity index (χ0n) is 37.3. The molecule has 1 fully saturated rings. The molecule has 3 aromatic heterocycles. The van der Waals surface area contributed by atoms with Crippen molar-refractivity contribution in [1.29, 1.82) is 0 Å². The number of rotatable bonds is 20. The first-order valence-electron chi connectivity index (χ1n) is 21.7. The maximum Gasteiger partial charge on any atom is 0.246 e. The van der Waals surface area contributed by atoms with Gasteiger partial charge in [0.05, 0.1) is 47.5 Å². The Kier molecular flexibility index (Phi) is 16.6. The third-order valence-corrected chi connectivity index (χ3v) is 14.1. The largest absolute Gasteiger partial charge is 0.493 e. The minimum absolute atomic E-state index is 0.0327. The van der Waals surface area contributed by atoms with Gasteiger partial charge in [0, 0.05) is 52.1 Å². The predicted octanol–water partition coefficient (Wildman–Crippen LogP) is 9.29. The second kappa shape index (κ2) is 21.8. The highest BCUT2D eigenvalue weighted by Crippen LogP contribution is 2.37. The van der Waals surface area contributed by atoms with Gasteiger partial charge in [0.15, 0.2) is 11.5 Å². The number of anilines is 1. The van der Waals surface area contributed by atoms with Gasteiger partial charge in [0.2, 0.25) is 17.7 Å². The number of nitrogens with one attached hydrogen (secondary N) is 3. The maximum absolute atomic E-state index is 14.0. The molecule has 3 amide bonds. The van der Waals surface area contributed by atoms with Crippen molar-refractivity contribution in [3.8, 4) is 21.9 Å². The van der Waals surface area contributed by atoms with Gasteiger partial charge in [-0.15, -0.1) is 22.7 Å². The minimum Gasteiger partial charge on any atom is -0.493 e. The average Bonchev–Trinajstić information content (AvgIpc) is 4.00. The number of fused-ring (bicyclic) bond motifs is 1. The second-order valence-corrected chi connectivity index (χ2v) is 20.1.